The maximum Gasteiger partial charge on any atom is 0.261 e. The van der Waals surface area contributed by atoms with Crippen molar-refractivity contribution >= 4 is 23.2 Å². The molecule has 1 aromatic rings. The summed E-state index contributed by atoms with van der Waals surface area (Å²) in [6, 6.07) is 4.05. The highest BCUT2D eigenvalue weighted by atomic mass is 32.1. The average molecular weight is 351 g/mol. The van der Waals surface area contributed by atoms with Crippen LogP contribution >= 0.6 is 11.3 Å². The largest absolute Gasteiger partial charge is 0.351 e. The van der Waals surface area contributed by atoms with E-state index in [-0.39, 0.29) is 11.8 Å². The van der Waals surface area contributed by atoms with Gasteiger partial charge in [-0.15, -0.1) is 11.3 Å². The Balaban J connectivity index is 1.78. The Hall–Kier alpha value is -1.36. The van der Waals surface area contributed by atoms with E-state index in [4.69, 9.17) is 0 Å². The van der Waals surface area contributed by atoms with Gasteiger partial charge in [0.25, 0.3) is 5.91 Å². The number of carbonyl (C=O) groups excluding carboxylic acids is 2. The predicted molar refractivity (Wildman–Crippen MR) is 99.2 cm³/mol. The molecular weight excluding hydrogens is 320 g/mol. The van der Waals surface area contributed by atoms with Gasteiger partial charge in [0.15, 0.2) is 0 Å². The van der Waals surface area contributed by atoms with Crippen molar-refractivity contribution in [3.05, 3.63) is 22.4 Å². The lowest BCUT2D eigenvalue weighted by Crippen LogP contribution is -2.43. The Morgan fingerprint density at radius 2 is 2.12 bits per heavy atom. The Morgan fingerprint density at radius 3 is 2.79 bits per heavy atom. The Morgan fingerprint density at radius 1 is 1.33 bits per heavy atom. The van der Waals surface area contributed by atoms with Crippen LogP contribution in [0.1, 0.15) is 62.5 Å². The standard InChI is InChI=1S/C19H30N2O2S/c1-14(2)16-9-8-15(3)10-12-21(16)18(22)7-4-11-20-19(23)17-6-5-13-24-17/h5-6,13-16H,4,7-12H2,1-3H3,(H,20,23). The molecular formula is C19H30N2O2S. The summed E-state index contributed by atoms with van der Waals surface area (Å²) in [5.41, 5.74) is 0. The third-order valence-electron chi connectivity index (χ3n) is 4.91. The minimum Gasteiger partial charge on any atom is -0.351 e. The van der Waals surface area contributed by atoms with Crippen LogP contribution in [-0.2, 0) is 4.79 Å². The number of likely N-dealkylation sites (tertiary alicyclic amines) is 1. The number of rotatable bonds is 6. The number of amides is 2. The molecule has 24 heavy (non-hydrogen) atoms. The molecule has 2 atom stereocenters. The first kappa shape index (κ1) is 19.0. The van der Waals surface area contributed by atoms with Crippen LogP contribution in [0.3, 0.4) is 0 Å². The zero-order valence-corrected chi connectivity index (χ0v) is 15.9. The van der Waals surface area contributed by atoms with Crippen molar-refractivity contribution < 1.29 is 9.59 Å². The first-order chi connectivity index (χ1) is 11.5. The topological polar surface area (TPSA) is 49.4 Å². The van der Waals surface area contributed by atoms with Crippen LogP contribution < -0.4 is 5.32 Å². The molecule has 1 fully saturated rings. The van der Waals surface area contributed by atoms with Crippen LogP contribution in [0.2, 0.25) is 0 Å². The van der Waals surface area contributed by atoms with Gasteiger partial charge in [-0.3, -0.25) is 9.59 Å². The highest BCUT2D eigenvalue weighted by Crippen LogP contribution is 2.26. The zero-order chi connectivity index (χ0) is 17.5. The Labute approximate surface area is 149 Å². The maximum atomic E-state index is 12.7. The van der Waals surface area contributed by atoms with Gasteiger partial charge in [0.05, 0.1) is 4.88 Å². The Bertz CT molecular complexity index is 527. The molecule has 0 bridgehead atoms. The fourth-order valence-corrected chi connectivity index (χ4v) is 4.00. The van der Waals surface area contributed by atoms with E-state index < -0.39 is 0 Å². The van der Waals surface area contributed by atoms with E-state index in [1.807, 2.05) is 17.5 Å². The molecule has 1 aliphatic rings. The van der Waals surface area contributed by atoms with Gasteiger partial charge in [0.2, 0.25) is 5.91 Å². The summed E-state index contributed by atoms with van der Waals surface area (Å²) in [5.74, 6) is 1.40. The van der Waals surface area contributed by atoms with E-state index >= 15 is 0 Å². The third kappa shape index (κ3) is 5.33. The summed E-state index contributed by atoms with van der Waals surface area (Å²) in [4.78, 5) is 27.4. The van der Waals surface area contributed by atoms with Crippen LogP contribution in [0.15, 0.2) is 17.5 Å². The molecule has 2 rings (SSSR count). The number of hydrogen-bond acceptors (Lipinski definition) is 3. The predicted octanol–water partition coefficient (Wildman–Crippen LogP) is 3.93. The van der Waals surface area contributed by atoms with E-state index in [1.165, 1.54) is 17.8 Å². The molecule has 2 amide bonds. The van der Waals surface area contributed by atoms with E-state index in [0.29, 0.717) is 37.3 Å². The van der Waals surface area contributed by atoms with Crippen molar-refractivity contribution in [3.8, 4) is 0 Å². The van der Waals surface area contributed by atoms with Gasteiger partial charge >= 0.3 is 0 Å². The monoisotopic (exact) mass is 350 g/mol. The molecule has 0 saturated carbocycles. The number of hydrogen-bond donors (Lipinski definition) is 1. The molecule has 5 heteroatoms. The van der Waals surface area contributed by atoms with Crippen molar-refractivity contribution in [3.63, 3.8) is 0 Å². The number of nitrogens with one attached hydrogen (secondary N) is 1. The first-order valence-corrected chi connectivity index (χ1v) is 9.98. The molecule has 0 aromatic carbocycles. The fourth-order valence-electron chi connectivity index (χ4n) is 3.36. The normalized spacial score (nSPS) is 21.6. The second-order valence-electron chi connectivity index (χ2n) is 7.21. The second kappa shape index (κ2) is 9.21. The smallest absolute Gasteiger partial charge is 0.261 e. The van der Waals surface area contributed by atoms with Gasteiger partial charge in [0.1, 0.15) is 0 Å². The zero-order valence-electron chi connectivity index (χ0n) is 15.1. The lowest BCUT2D eigenvalue weighted by atomic mass is 9.95. The van der Waals surface area contributed by atoms with Crippen LogP contribution in [-0.4, -0.2) is 35.8 Å². The molecule has 2 unspecified atom stereocenters. The highest BCUT2D eigenvalue weighted by molar-refractivity contribution is 7.12. The van der Waals surface area contributed by atoms with Gasteiger partial charge in [-0.05, 0) is 49.0 Å². The van der Waals surface area contributed by atoms with E-state index in [0.717, 1.165) is 24.3 Å². The third-order valence-corrected chi connectivity index (χ3v) is 5.77. The van der Waals surface area contributed by atoms with E-state index in [9.17, 15) is 9.59 Å². The lowest BCUT2D eigenvalue weighted by Gasteiger charge is -2.33. The number of carbonyl (C=O) groups is 2. The van der Waals surface area contributed by atoms with Crippen LogP contribution in [0.5, 0.6) is 0 Å². The molecule has 1 N–H and O–H groups in total. The van der Waals surface area contributed by atoms with Gasteiger partial charge < -0.3 is 10.2 Å². The lowest BCUT2D eigenvalue weighted by molar-refractivity contribution is -0.134. The van der Waals surface area contributed by atoms with Crippen molar-refractivity contribution in [2.75, 3.05) is 13.1 Å². The van der Waals surface area contributed by atoms with Crippen LogP contribution in [0.25, 0.3) is 0 Å². The van der Waals surface area contributed by atoms with E-state index in [1.54, 1.807) is 0 Å². The molecule has 2 heterocycles. The molecule has 4 nitrogen and oxygen atoms in total. The SMILES string of the molecule is CC1CCC(C(C)C)N(C(=O)CCCNC(=O)c2cccs2)CC1. The molecule has 1 aromatic heterocycles. The molecule has 1 aliphatic heterocycles. The van der Waals surface area contributed by atoms with Crippen molar-refractivity contribution in [1.82, 2.24) is 10.2 Å². The summed E-state index contributed by atoms with van der Waals surface area (Å²) in [6.45, 7) is 8.14. The number of thiophene rings is 1. The average Bonchev–Trinajstić information content (AvgIpc) is 3.01. The van der Waals surface area contributed by atoms with E-state index in [2.05, 4.69) is 31.0 Å². The molecule has 1 saturated heterocycles. The van der Waals surface area contributed by atoms with Gasteiger partial charge in [0, 0.05) is 25.6 Å². The van der Waals surface area contributed by atoms with Crippen molar-refractivity contribution in [2.24, 2.45) is 11.8 Å². The van der Waals surface area contributed by atoms with Crippen molar-refractivity contribution in [1.29, 1.82) is 0 Å². The van der Waals surface area contributed by atoms with Gasteiger partial charge in [-0.25, -0.2) is 0 Å². The molecule has 0 radical (unpaired) electrons. The second-order valence-corrected chi connectivity index (χ2v) is 8.15. The van der Waals surface area contributed by atoms with Crippen LogP contribution in [0.4, 0.5) is 0 Å². The van der Waals surface area contributed by atoms with Crippen LogP contribution in [0, 0.1) is 11.8 Å². The molecule has 0 spiro atoms. The first-order valence-electron chi connectivity index (χ1n) is 9.10. The van der Waals surface area contributed by atoms with Crippen molar-refractivity contribution in [2.45, 2.75) is 58.9 Å². The van der Waals surface area contributed by atoms with Gasteiger partial charge in [-0.1, -0.05) is 26.8 Å². The molecule has 0 aliphatic carbocycles. The summed E-state index contributed by atoms with van der Waals surface area (Å²) in [5, 5.41) is 4.79. The summed E-state index contributed by atoms with van der Waals surface area (Å²) in [6.07, 6.45) is 4.64. The molecule has 134 valence electrons. The number of nitrogens with zero attached hydrogens (tertiary/aromatic N) is 1. The fraction of sp³-hybridized carbons (Fsp3) is 0.684. The van der Waals surface area contributed by atoms with Gasteiger partial charge in [-0.2, -0.15) is 0 Å². The maximum absolute atomic E-state index is 12.7. The summed E-state index contributed by atoms with van der Waals surface area (Å²) < 4.78 is 0. The Kier molecular flexibility index (Phi) is 7.28. The quantitative estimate of drug-likeness (QED) is 0.790. The highest BCUT2D eigenvalue weighted by Gasteiger charge is 2.28. The summed E-state index contributed by atoms with van der Waals surface area (Å²) in [7, 11) is 0. The minimum atomic E-state index is -0.0406. The summed E-state index contributed by atoms with van der Waals surface area (Å²) >= 11 is 1.44. The minimum absolute atomic E-state index is 0.0406.